The number of carbonyl (C=O) groups is 1. The van der Waals surface area contributed by atoms with Crippen molar-refractivity contribution >= 4 is 49.4 Å². The topological polar surface area (TPSA) is 76.2 Å². The minimum absolute atomic E-state index is 0. The molecule has 2 heterocycles. The Bertz CT molecular complexity index is 2550. The van der Waals surface area contributed by atoms with E-state index in [0.717, 1.165) is 58.2 Å². The molecule has 0 spiro atoms. The number of fused-ring (bicyclic) bond motifs is 6. The molecule has 0 aliphatic rings. The van der Waals surface area contributed by atoms with Gasteiger partial charge in [-0.05, 0) is 60.7 Å². The van der Waals surface area contributed by atoms with Crippen molar-refractivity contribution in [3.05, 3.63) is 95.5 Å². The molecule has 0 bridgehead atoms. The van der Waals surface area contributed by atoms with Crippen molar-refractivity contribution in [3.63, 3.8) is 0 Å². The van der Waals surface area contributed by atoms with E-state index in [0.29, 0.717) is 27.8 Å². The third-order valence-corrected chi connectivity index (χ3v) is 11.3. The number of carbonyl (C=O) groups excluding carboxylic acids is 1. The Hall–Kier alpha value is -3.86. The minimum atomic E-state index is -2.54. The summed E-state index contributed by atoms with van der Waals surface area (Å²) in [5, 5.41) is 15.1. The van der Waals surface area contributed by atoms with Crippen LogP contribution >= 0.6 is 0 Å². The second kappa shape index (κ2) is 16.7. The molecule has 1 N–H and O–H groups in total. The molecule has 55 heavy (non-hydrogen) atoms. The third-order valence-electron chi connectivity index (χ3n) is 11.3. The quantitative estimate of drug-likeness (QED) is 0.0888. The Morgan fingerprint density at radius 2 is 1.47 bits per heavy atom. The Morgan fingerprint density at radius 3 is 2.07 bits per heavy atom. The number of aryl methyl sites for hydroxylation is 1. The second-order valence-corrected chi connectivity index (χ2v) is 17.3. The van der Waals surface area contributed by atoms with Crippen LogP contribution in [0.1, 0.15) is 133 Å². The van der Waals surface area contributed by atoms with E-state index in [1.807, 2.05) is 111 Å². The number of hydrogen-bond donors (Lipinski definition) is 1. The van der Waals surface area contributed by atoms with E-state index in [1.54, 1.807) is 6.07 Å². The third kappa shape index (κ3) is 9.24. The van der Waals surface area contributed by atoms with Crippen LogP contribution in [0.4, 0.5) is 0 Å². The molecule has 295 valence electrons. The molecule has 0 fully saturated rings. The smallest absolute Gasteiger partial charge is 0.223 e. The summed E-state index contributed by atoms with van der Waals surface area (Å²) in [7, 11) is 0. The van der Waals surface area contributed by atoms with Crippen LogP contribution < -0.4 is 0 Å². The summed E-state index contributed by atoms with van der Waals surface area (Å²) in [5.41, 5.74) is 2.19. The number of rotatable bonds is 9. The number of aliphatic hydroxyl groups excluding tert-OH is 1. The van der Waals surface area contributed by atoms with Crippen molar-refractivity contribution in [2.24, 2.45) is 16.2 Å². The molecule has 6 aromatic rings. The van der Waals surface area contributed by atoms with Crippen molar-refractivity contribution in [1.29, 1.82) is 0 Å². The monoisotopic (exact) mass is 923 g/mol. The number of aliphatic hydroxyl groups is 1. The van der Waals surface area contributed by atoms with Gasteiger partial charge in [0, 0.05) is 65.7 Å². The van der Waals surface area contributed by atoms with Crippen molar-refractivity contribution in [2.45, 2.75) is 127 Å². The second-order valence-electron chi connectivity index (χ2n) is 17.3. The molecule has 2 aromatic heterocycles. The van der Waals surface area contributed by atoms with Crippen LogP contribution in [0.3, 0.4) is 0 Å². The molecule has 0 aliphatic heterocycles. The van der Waals surface area contributed by atoms with Gasteiger partial charge in [0.15, 0.2) is 5.78 Å². The van der Waals surface area contributed by atoms with Crippen LogP contribution in [-0.2, 0) is 36.7 Å². The Balaban J connectivity index is 0.000000376. The summed E-state index contributed by atoms with van der Waals surface area (Å²) < 4.78 is 48.1. The zero-order valence-electron chi connectivity index (χ0n) is 39.7. The van der Waals surface area contributed by atoms with Gasteiger partial charge in [-0.3, -0.25) is 9.78 Å². The SMILES string of the molecule is CCC(C)(CC)C(=O)/C=C(\O)C(C)(CC)CC.[2H]C([2H])([2H])c1nc(-c2[c-]c3ccccc3c(C(C)(C)C)c2)c2c(n1)oc1c3ccc(C([2H])([2H])C(C)(C)C)cc3ccc12.[Ir]. The van der Waals surface area contributed by atoms with Gasteiger partial charge in [-0.25, -0.2) is 0 Å². The first kappa shape index (κ1) is 36.8. The average Bonchev–Trinajstić information content (AvgIpc) is 3.57. The zero-order chi connectivity index (χ0) is 44.1. The first-order valence-electron chi connectivity index (χ1n) is 21.9. The number of hydrogen-bond acceptors (Lipinski definition) is 5. The van der Waals surface area contributed by atoms with E-state index in [2.05, 4.69) is 42.9 Å². The minimum Gasteiger partial charge on any atom is -0.512 e. The Labute approximate surface area is 349 Å². The fourth-order valence-electron chi connectivity index (χ4n) is 6.83. The fourth-order valence-corrected chi connectivity index (χ4v) is 6.83. The summed E-state index contributed by atoms with van der Waals surface area (Å²) >= 11 is 0. The maximum Gasteiger partial charge on any atom is 0.223 e. The maximum atomic E-state index is 12.2. The van der Waals surface area contributed by atoms with Crippen LogP contribution in [0.25, 0.3) is 54.9 Å². The molecular formula is C49H61IrN2O3-. The van der Waals surface area contributed by atoms with E-state index in [9.17, 15) is 9.90 Å². The van der Waals surface area contributed by atoms with E-state index < -0.39 is 18.6 Å². The van der Waals surface area contributed by atoms with Crippen LogP contribution in [0, 0.1) is 29.2 Å². The van der Waals surface area contributed by atoms with Crippen molar-refractivity contribution in [2.75, 3.05) is 0 Å². The van der Waals surface area contributed by atoms with Gasteiger partial charge in [0.1, 0.15) is 17.2 Å². The predicted octanol–water partition coefficient (Wildman–Crippen LogP) is 14.0. The number of aromatic nitrogens is 2. The number of allylic oxidation sites excluding steroid dienone is 2. The van der Waals surface area contributed by atoms with Gasteiger partial charge in [0.25, 0.3) is 0 Å². The first-order valence-corrected chi connectivity index (χ1v) is 19.4. The molecule has 6 rings (SSSR count). The van der Waals surface area contributed by atoms with Gasteiger partial charge >= 0.3 is 0 Å². The van der Waals surface area contributed by atoms with Gasteiger partial charge in [0.05, 0.1) is 0 Å². The van der Waals surface area contributed by atoms with Gasteiger partial charge in [-0.1, -0.05) is 143 Å². The molecular weight excluding hydrogens is 857 g/mol. The summed E-state index contributed by atoms with van der Waals surface area (Å²) in [6, 6.07) is 23.0. The van der Waals surface area contributed by atoms with E-state index in [1.165, 1.54) is 6.08 Å². The normalized spacial score (nSPS) is 14.8. The van der Waals surface area contributed by atoms with Crippen LogP contribution in [0.5, 0.6) is 0 Å². The van der Waals surface area contributed by atoms with Crippen molar-refractivity contribution in [3.8, 4) is 11.3 Å². The molecule has 0 saturated heterocycles. The Morgan fingerprint density at radius 1 is 0.836 bits per heavy atom. The largest absolute Gasteiger partial charge is 0.512 e. The van der Waals surface area contributed by atoms with Crippen molar-refractivity contribution < 1.29 is 41.3 Å². The molecule has 0 atom stereocenters. The van der Waals surface area contributed by atoms with E-state index in [4.69, 9.17) is 11.3 Å². The Kier molecular flexibility index (Phi) is 11.2. The molecule has 0 unspecified atom stereocenters. The summed E-state index contributed by atoms with van der Waals surface area (Å²) in [6.45, 7) is 21.7. The molecule has 5 nitrogen and oxygen atoms in total. The standard InChI is InChI=1S/C34H33N2O.C15H28O2.Ir/c1-20-35-30(24-17-22-10-8-9-11-25(22)28(18-24)34(5,6)7)29-27-15-13-23-16-21(19-33(2,3)4)12-14-26(23)31(27)37-32(29)36-20;1-7-14(5,8-2)12(16)11-13(17)15(6,9-3)10-4;/h8-16,18H,19H2,1-7H3;11,16H,7-10H2,1-6H3;/q-1;;/b;12-11-;/i1D3,19D2;;. The van der Waals surface area contributed by atoms with E-state index >= 15 is 0 Å². The molecule has 6 heteroatoms. The van der Waals surface area contributed by atoms with Crippen LogP contribution in [-0.4, -0.2) is 20.9 Å². The molecule has 4 aromatic carbocycles. The van der Waals surface area contributed by atoms with Gasteiger partial charge in [-0.2, -0.15) is 4.98 Å². The molecule has 0 saturated carbocycles. The molecule has 0 aliphatic carbocycles. The first-order chi connectivity index (χ1) is 27.3. The van der Waals surface area contributed by atoms with Crippen LogP contribution in [0.2, 0.25) is 0 Å². The number of benzene rings is 4. The number of nitrogens with zero attached hydrogens (tertiary/aromatic N) is 2. The van der Waals surface area contributed by atoms with Gasteiger partial charge < -0.3 is 9.52 Å². The molecule has 0 amide bonds. The number of ketones is 1. The van der Waals surface area contributed by atoms with Gasteiger partial charge in [0.2, 0.25) is 5.71 Å². The van der Waals surface area contributed by atoms with Crippen LogP contribution in [0.15, 0.2) is 76.9 Å². The molecule has 1 radical (unpaired) electrons. The van der Waals surface area contributed by atoms with Crippen molar-refractivity contribution in [1.82, 2.24) is 9.97 Å². The van der Waals surface area contributed by atoms with Gasteiger partial charge in [-0.15, -0.1) is 29.1 Å². The summed E-state index contributed by atoms with van der Waals surface area (Å²) in [6.07, 6.45) is 3.21. The summed E-state index contributed by atoms with van der Waals surface area (Å²) in [4.78, 5) is 21.2. The maximum absolute atomic E-state index is 12.2. The van der Waals surface area contributed by atoms with E-state index in [-0.39, 0.29) is 59.4 Å². The predicted molar refractivity (Wildman–Crippen MR) is 228 cm³/mol. The fraction of sp³-hybridized carbons (Fsp3) is 0.449. The number of furan rings is 1. The zero-order valence-corrected chi connectivity index (χ0v) is 37.1. The average molecular weight is 923 g/mol. The summed E-state index contributed by atoms with van der Waals surface area (Å²) in [5.74, 6) is 0.00152.